The van der Waals surface area contributed by atoms with Crippen LogP contribution >= 0.6 is 11.6 Å². The molecule has 0 spiro atoms. The highest BCUT2D eigenvalue weighted by Gasteiger charge is 2.36. The van der Waals surface area contributed by atoms with E-state index in [9.17, 15) is 9.59 Å². The largest absolute Gasteiger partial charge is 0.459 e. The number of rotatable bonds is 4. The molecule has 6 heteroatoms. The Labute approximate surface area is 122 Å². The summed E-state index contributed by atoms with van der Waals surface area (Å²) < 4.78 is 9.96. The standard InChI is InChI=1S/C14H16ClNO4/c15-10-20-14(18)16-8-4-7-12(16)13(17)19-9-11-5-2-1-3-6-11/h1-3,5-6,12H,4,7-10H2/t12-/m1/s1. The molecule has 1 atom stereocenters. The monoisotopic (exact) mass is 297 g/mol. The summed E-state index contributed by atoms with van der Waals surface area (Å²) in [6.07, 6.45) is 0.771. The summed E-state index contributed by atoms with van der Waals surface area (Å²) in [6.45, 7) is 0.690. The van der Waals surface area contributed by atoms with Gasteiger partial charge in [0.25, 0.3) is 0 Å². The molecule has 20 heavy (non-hydrogen) atoms. The van der Waals surface area contributed by atoms with E-state index in [-0.39, 0.29) is 12.7 Å². The zero-order valence-corrected chi connectivity index (χ0v) is 11.7. The van der Waals surface area contributed by atoms with Crippen LogP contribution in [0.5, 0.6) is 0 Å². The topological polar surface area (TPSA) is 55.8 Å². The smallest absolute Gasteiger partial charge is 0.411 e. The maximum absolute atomic E-state index is 12.0. The molecule has 0 N–H and O–H groups in total. The predicted molar refractivity (Wildman–Crippen MR) is 73.2 cm³/mol. The molecule has 0 unspecified atom stereocenters. The van der Waals surface area contributed by atoms with Crippen molar-refractivity contribution < 1.29 is 19.1 Å². The highest BCUT2D eigenvalue weighted by Crippen LogP contribution is 2.20. The first kappa shape index (κ1) is 14.7. The van der Waals surface area contributed by atoms with Crippen molar-refractivity contribution >= 4 is 23.7 Å². The Balaban J connectivity index is 1.89. The number of amides is 1. The van der Waals surface area contributed by atoms with E-state index in [4.69, 9.17) is 21.1 Å². The van der Waals surface area contributed by atoms with E-state index in [0.717, 1.165) is 12.0 Å². The number of carbonyl (C=O) groups is 2. The van der Waals surface area contributed by atoms with Gasteiger partial charge in [-0.1, -0.05) is 41.9 Å². The highest BCUT2D eigenvalue weighted by molar-refractivity contribution is 6.17. The van der Waals surface area contributed by atoms with Gasteiger partial charge in [-0.05, 0) is 18.4 Å². The molecule has 1 fully saturated rings. The van der Waals surface area contributed by atoms with Crippen LogP contribution in [-0.2, 0) is 20.9 Å². The van der Waals surface area contributed by atoms with E-state index >= 15 is 0 Å². The summed E-state index contributed by atoms with van der Waals surface area (Å²) in [6, 6.07) is 8.61. The minimum atomic E-state index is -0.575. The zero-order valence-electron chi connectivity index (χ0n) is 11.0. The lowest BCUT2D eigenvalue weighted by Crippen LogP contribution is -2.41. The maximum Gasteiger partial charge on any atom is 0.411 e. The molecule has 0 aliphatic carbocycles. The molecule has 0 bridgehead atoms. The van der Waals surface area contributed by atoms with Crippen LogP contribution in [0, 0.1) is 0 Å². The molecule has 1 amide bonds. The Bertz CT molecular complexity index is 466. The number of nitrogens with zero attached hydrogens (tertiary/aromatic N) is 1. The molecule has 1 aliphatic rings. The fourth-order valence-electron chi connectivity index (χ4n) is 2.18. The molecule has 1 aromatic rings. The number of halogens is 1. The van der Waals surface area contributed by atoms with Gasteiger partial charge < -0.3 is 9.47 Å². The van der Waals surface area contributed by atoms with E-state index in [2.05, 4.69) is 0 Å². The van der Waals surface area contributed by atoms with Gasteiger partial charge in [-0.25, -0.2) is 9.59 Å². The highest BCUT2D eigenvalue weighted by atomic mass is 35.5. The van der Waals surface area contributed by atoms with Gasteiger partial charge in [0.15, 0.2) is 6.07 Å². The first-order valence-corrected chi connectivity index (χ1v) is 6.95. The fourth-order valence-corrected chi connectivity index (χ4v) is 2.28. The average Bonchev–Trinajstić information content (AvgIpc) is 2.96. The van der Waals surface area contributed by atoms with Crippen LogP contribution in [0.25, 0.3) is 0 Å². The molecule has 2 rings (SSSR count). The number of benzene rings is 1. The van der Waals surface area contributed by atoms with E-state index in [0.29, 0.717) is 13.0 Å². The quantitative estimate of drug-likeness (QED) is 0.633. The average molecular weight is 298 g/mol. The third kappa shape index (κ3) is 3.63. The Morgan fingerprint density at radius 1 is 1.25 bits per heavy atom. The summed E-state index contributed by atoms with van der Waals surface area (Å²) in [5, 5.41) is 0. The van der Waals surface area contributed by atoms with E-state index in [1.54, 1.807) is 0 Å². The third-order valence-corrected chi connectivity index (χ3v) is 3.27. The zero-order chi connectivity index (χ0) is 14.4. The van der Waals surface area contributed by atoms with Crippen molar-refractivity contribution in [2.24, 2.45) is 0 Å². The van der Waals surface area contributed by atoms with Crippen molar-refractivity contribution in [1.29, 1.82) is 0 Å². The van der Waals surface area contributed by atoms with Crippen molar-refractivity contribution in [3.63, 3.8) is 0 Å². The van der Waals surface area contributed by atoms with Crippen LogP contribution in [0.1, 0.15) is 18.4 Å². The number of carbonyl (C=O) groups excluding carboxylic acids is 2. The first-order valence-electron chi connectivity index (χ1n) is 6.42. The Morgan fingerprint density at radius 2 is 2.00 bits per heavy atom. The van der Waals surface area contributed by atoms with Gasteiger partial charge in [0.2, 0.25) is 0 Å². The Kier molecular flexibility index (Phi) is 5.24. The second kappa shape index (κ2) is 7.14. The first-order chi connectivity index (χ1) is 9.72. The van der Waals surface area contributed by atoms with Crippen molar-refractivity contribution in [2.75, 3.05) is 12.6 Å². The van der Waals surface area contributed by atoms with Gasteiger partial charge in [-0.15, -0.1) is 0 Å². The summed E-state index contributed by atoms with van der Waals surface area (Å²) in [7, 11) is 0. The van der Waals surface area contributed by atoms with Crippen LogP contribution < -0.4 is 0 Å². The molecular formula is C14H16ClNO4. The molecule has 1 heterocycles. The summed E-state index contributed by atoms with van der Waals surface area (Å²) in [4.78, 5) is 25.0. The number of hydrogen-bond donors (Lipinski definition) is 0. The van der Waals surface area contributed by atoms with Gasteiger partial charge in [-0.2, -0.15) is 0 Å². The lowest BCUT2D eigenvalue weighted by Gasteiger charge is -2.22. The number of ether oxygens (including phenoxy) is 2. The molecule has 0 aromatic heterocycles. The lowest BCUT2D eigenvalue weighted by atomic mass is 10.2. The SMILES string of the molecule is O=C(OCc1ccccc1)[C@H]1CCCN1C(=O)OCCl. The van der Waals surface area contributed by atoms with E-state index < -0.39 is 18.1 Å². The van der Waals surface area contributed by atoms with E-state index in [1.807, 2.05) is 30.3 Å². The van der Waals surface area contributed by atoms with Gasteiger partial charge >= 0.3 is 12.1 Å². The lowest BCUT2D eigenvalue weighted by molar-refractivity contribution is -0.149. The molecule has 0 radical (unpaired) electrons. The van der Waals surface area contributed by atoms with Crippen LogP contribution in [0.2, 0.25) is 0 Å². The van der Waals surface area contributed by atoms with Crippen molar-refractivity contribution in [2.45, 2.75) is 25.5 Å². The van der Waals surface area contributed by atoms with Gasteiger partial charge in [0.1, 0.15) is 12.6 Å². The Hall–Kier alpha value is -1.75. The van der Waals surface area contributed by atoms with Gasteiger partial charge in [0, 0.05) is 6.54 Å². The minimum absolute atomic E-state index is 0.203. The van der Waals surface area contributed by atoms with Crippen LogP contribution in [0.4, 0.5) is 4.79 Å². The number of likely N-dealkylation sites (tertiary alicyclic amines) is 1. The third-order valence-electron chi connectivity index (χ3n) is 3.16. The number of alkyl halides is 1. The van der Waals surface area contributed by atoms with Crippen LogP contribution in [-0.4, -0.2) is 35.6 Å². The Morgan fingerprint density at radius 3 is 2.70 bits per heavy atom. The minimum Gasteiger partial charge on any atom is -0.459 e. The van der Waals surface area contributed by atoms with E-state index in [1.165, 1.54) is 4.90 Å². The number of hydrogen-bond acceptors (Lipinski definition) is 4. The fraction of sp³-hybridized carbons (Fsp3) is 0.429. The molecule has 1 aliphatic heterocycles. The molecule has 1 saturated heterocycles. The van der Waals surface area contributed by atoms with Gasteiger partial charge in [-0.3, -0.25) is 4.90 Å². The summed E-state index contributed by atoms with van der Waals surface area (Å²) >= 11 is 5.36. The molecule has 1 aromatic carbocycles. The number of esters is 1. The molecular weight excluding hydrogens is 282 g/mol. The van der Waals surface area contributed by atoms with Gasteiger partial charge in [0.05, 0.1) is 0 Å². The van der Waals surface area contributed by atoms with Crippen LogP contribution in [0.15, 0.2) is 30.3 Å². The second-order valence-electron chi connectivity index (χ2n) is 4.46. The molecule has 0 saturated carbocycles. The maximum atomic E-state index is 12.0. The summed E-state index contributed by atoms with van der Waals surface area (Å²) in [5.41, 5.74) is 0.911. The second-order valence-corrected chi connectivity index (χ2v) is 4.68. The van der Waals surface area contributed by atoms with Crippen LogP contribution in [0.3, 0.4) is 0 Å². The summed E-state index contributed by atoms with van der Waals surface area (Å²) in [5.74, 6) is -0.405. The molecule has 108 valence electrons. The molecule has 5 nitrogen and oxygen atoms in total. The van der Waals surface area contributed by atoms with Crippen molar-refractivity contribution in [3.05, 3.63) is 35.9 Å². The van der Waals surface area contributed by atoms with Crippen molar-refractivity contribution in [3.8, 4) is 0 Å². The van der Waals surface area contributed by atoms with Crippen molar-refractivity contribution in [1.82, 2.24) is 4.90 Å². The predicted octanol–water partition coefficient (Wildman–Crippen LogP) is 2.53. The normalized spacial score (nSPS) is 17.9.